The summed E-state index contributed by atoms with van der Waals surface area (Å²) in [6.07, 6.45) is 6.51. The standard InChI is InChI=1S/C20H20N4O5S.C15H17ClN4O3/c1-20(2,3)29-19(28)23(12-4-5-12)16-8-13(14-6-7-15(30-14)18(26)27)22-17-11(10-25)9-21-24(16)17;1-15(2,3)23-14(22)19(10-4-5-10)12-6-11(16)18-13-9(8-21)7-17-20(12)13/h6-10,12H,4-5H2,1-3H3,(H,26,27);6-8,10H,4-5H2,1-3H3. The third-order valence-electron chi connectivity index (χ3n) is 7.75. The zero-order valence-electron chi connectivity index (χ0n) is 29.8. The molecule has 5 aromatic heterocycles. The molecule has 0 radical (unpaired) electrons. The number of nitrogens with zero attached hydrogens (tertiary/aromatic N) is 8. The van der Waals surface area contributed by atoms with Crippen LogP contribution in [0.4, 0.5) is 21.2 Å². The van der Waals surface area contributed by atoms with E-state index < -0.39 is 29.4 Å². The van der Waals surface area contributed by atoms with Crippen molar-refractivity contribution < 1.29 is 38.6 Å². The highest BCUT2D eigenvalue weighted by molar-refractivity contribution is 7.17. The van der Waals surface area contributed by atoms with Crippen molar-refractivity contribution >= 4 is 76.6 Å². The van der Waals surface area contributed by atoms with E-state index in [9.17, 15) is 29.1 Å². The number of hydrogen-bond acceptors (Lipinski definition) is 12. The van der Waals surface area contributed by atoms with Crippen LogP contribution >= 0.6 is 22.9 Å². The Kier molecular flexibility index (Phi) is 10.00. The van der Waals surface area contributed by atoms with Crippen LogP contribution in [0.2, 0.25) is 5.15 Å². The van der Waals surface area contributed by atoms with Crippen LogP contribution in [0.15, 0.2) is 36.7 Å². The van der Waals surface area contributed by atoms with Crippen LogP contribution in [-0.2, 0) is 9.47 Å². The summed E-state index contributed by atoms with van der Waals surface area (Å²) in [6.45, 7) is 10.8. The number of carbonyl (C=O) groups excluding carboxylic acids is 4. The molecule has 5 heterocycles. The van der Waals surface area contributed by atoms with E-state index in [1.807, 2.05) is 20.8 Å². The van der Waals surface area contributed by atoms with Crippen LogP contribution in [0.3, 0.4) is 0 Å². The lowest BCUT2D eigenvalue weighted by Gasteiger charge is -2.27. The number of ether oxygens (including phenoxy) is 2. The molecule has 2 aliphatic rings. The number of aldehydes is 2. The topological polar surface area (TPSA) is 191 Å². The second-order valence-electron chi connectivity index (χ2n) is 14.5. The van der Waals surface area contributed by atoms with Crippen LogP contribution in [-0.4, -0.2) is 88.3 Å². The summed E-state index contributed by atoms with van der Waals surface area (Å²) in [5.41, 5.74) is 0.350. The lowest BCUT2D eigenvalue weighted by molar-refractivity contribution is 0.0564. The molecule has 53 heavy (non-hydrogen) atoms. The number of carbonyl (C=O) groups is 5. The Labute approximate surface area is 312 Å². The first-order valence-corrected chi connectivity index (χ1v) is 17.9. The fourth-order valence-corrected chi connectivity index (χ4v) is 6.26. The first-order valence-electron chi connectivity index (χ1n) is 16.7. The summed E-state index contributed by atoms with van der Waals surface area (Å²) in [5, 5.41) is 17.8. The number of hydrogen-bond donors (Lipinski definition) is 1. The molecule has 2 aliphatic carbocycles. The number of amides is 2. The molecule has 0 aromatic carbocycles. The molecule has 16 nitrogen and oxygen atoms in total. The van der Waals surface area contributed by atoms with Crippen LogP contribution in [0.25, 0.3) is 21.9 Å². The molecule has 0 saturated heterocycles. The van der Waals surface area contributed by atoms with E-state index in [4.69, 9.17) is 21.1 Å². The van der Waals surface area contributed by atoms with Gasteiger partial charge in [0, 0.05) is 24.2 Å². The average Bonchev–Trinajstić information content (AvgIpc) is 3.93. The smallest absolute Gasteiger partial charge is 0.416 e. The second kappa shape index (κ2) is 14.2. The minimum absolute atomic E-state index is 0.0374. The molecule has 2 fully saturated rings. The van der Waals surface area contributed by atoms with E-state index in [-0.39, 0.29) is 33.3 Å². The van der Waals surface area contributed by atoms with Crippen molar-refractivity contribution in [2.24, 2.45) is 0 Å². The maximum atomic E-state index is 13.0. The summed E-state index contributed by atoms with van der Waals surface area (Å²) >= 11 is 7.14. The SMILES string of the molecule is CC(C)(C)OC(=O)N(c1cc(-c2ccc(C(=O)O)s2)nc2c(C=O)cnn12)C1CC1.CC(C)(C)OC(=O)N(c1cc(Cl)nc2c(C=O)cnn12)C1CC1. The highest BCUT2D eigenvalue weighted by Gasteiger charge is 2.40. The quantitative estimate of drug-likeness (QED) is 0.126. The number of carboxylic acid groups (broad SMARTS) is 1. The number of aromatic nitrogens is 6. The minimum atomic E-state index is -1.03. The van der Waals surface area contributed by atoms with E-state index >= 15 is 0 Å². The molecule has 0 atom stereocenters. The van der Waals surface area contributed by atoms with Gasteiger partial charge in [-0.15, -0.1) is 11.3 Å². The van der Waals surface area contributed by atoms with E-state index in [2.05, 4.69) is 20.2 Å². The molecule has 0 aliphatic heterocycles. The zero-order valence-corrected chi connectivity index (χ0v) is 31.3. The maximum absolute atomic E-state index is 13.0. The molecule has 2 amide bonds. The first kappa shape index (κ1) is 37.3. The molecule has 5 aromatic rings. The lowest BCUT2D eigenvalue weighted by atomic mass is 10.2. The second-order valence-corrected chi connectivity index (χ2v) is 15.9. The number of carboxylic acids is 1. The van der Waals surface area contributed by atoms with Gasteiger partial charge in [-0.25, -0.2) is 24.4 Å². The molecule has 278 valence electrons. The molecule has 0 bridgehead atoms. The van der Waals surface area contributed by atoms with Gasteiger partial charge in [0.2, 0.25) is 0 Å². The predicted octanol–water partition coefficient (Wildman–Crippen LogP) is 6.97. The Morgan fingerprint density at radius 2 is 1.28 bits per heavy atom. The molecular formula is C35H37ClN8O8S. The third kappa shape index (κ3) is 8.30. The van der Waals surface area contributed by atoms with Crippen molar-refractivity contribution in [2.75, 3.05) is 9.80 Å². The first-order chi connectivity index (χ1) is 25.0. The van der Waals surface area contributed by atoms with Crippen molar-refractivity contribution in [1.29, 1.82) is 0 Å². The maximum Gasteiger partial charge on any atom is 0.416 e. The number of halogens is 1. The molecule has 2 saturated carbocycles. The van der Waals surface area contributed by atoms with E-state index in [1.54, 1.807) is 39.0 Å². The van der Waals surface area contributed by atoms with Crippen LogP contribution in [0.5, 0.6) is 0 Å². The van der Waals surface area contributed by atoms with Gasteiger partial charge in [0.25, 0.3) is 0 Å². The predicted molar refractivity (Wildman–Crippen MR) is 196 cm³/mol. The lowest BCUT2D eigenvalue weighted by Crippen LogP contribution is -2.39. The summed E-state index contributed by atoms with van der Waals surface area (Å²) in [6, 6.07) is 6.38. The molecule has 0 spiro atoms. The highest BCUT2D eigenvalue weighted by Crippen LogP contribution is 2.37. The van der Waals surface area contributed by atoms with Gasteiger partial charge in [0.05, 0.1) is 34.1 Å². The van der Waals surface area contributed by atoms with Gasteiger partial charge in [-0.3, -0.25) is 19.4 Å². The fraction of sp³-hybridized carbons (Fsp3) is 0.400. The van der Waals surface area contributed by atoms with Gasteiger partial charge in [-0.05, 0) is 79.4 Å². The summed E-state index contributed by atoms with van der Waals surface area (Å²) < 4.78 is 14.0. The van der Waals surface area contributed by atoms with Gasteiger partial charge in [-0.2, -0.15) is 19.2 Å². The van der Waals surface area contributed by atoms with Crippen LogP contribution in [0.1, 0.15) is 97.6 Å². The van der Waals surface area contributed by atoms with Crippen molar-refractivity contribution in [2.45, 2.75) is 90.5 Å². The summed E-state index contributed by atoms with van der Waals surface area (Å²) in [5.74, 6) is -0.158. The van der Waals surface area contributed by atoms with E-state index in [1.165, 1.54) is 37.3 Å². The Hall–Kier alpha value is -5.42. The van der Waals surface area contributed by atoms with Gasteiger partial charge < -0.3 is 14.6 Å². The number of thiophene rings is 1. The molecule has 18 heteroatoms. The van der Waals surface area contributed by atoms with E-state index in [0.29, 0.717) is 46.0 Å². The van der Waals surface area contributed by atoms with Crippen molar-refractivity contribution in [3.05, 3.63) is 57.8 Å². The van der Waals surface area contributed by atoms with Gasteiger partial charge in [-0.1, -0.05) is 11.6 Å². The molecular weight excluding hydrogens is 728 g/mol. The summed E-state index contributed by atoms with van der Waals surface area (Å²) in [7, 11) is 0. The Bertz CT molecular complexity index is 2240. The van der Waals surface area contributed by atoms with Gasteiger partial charge >= 0.3 is 18.2 Å². The molecule has 1 N–H and O–H groups in total. The number of aromatic carboxylic acids is 1. The zero-order chi connectivity index (χ0) is 38.4. The van der Waals surface area contributed by atoms with Crippen LogP contribution < -0.4 is 9.80 Å². The molecule has 0 unspecified atom stereocenters. The average molecular weight is 765 g/mol. The van der Waals surface area contributed by atoms with Gasteiger partial charge in [0.15, 0.2) is 23.9 Å². The number of fused-ring (bicyclic) bond motifs is 2. The minimum Gasteiger partial charge on any atom is -0.477 e. The Morgan fingerprint density at radius 3 is 1.70 bits per heavy atom. The highest BCUT2D eigenvalue weighted by atomic mass is 35.5. The Balaban J connectivity index is 0.000000188. The van der Waals surface area contributed by atoms with Crippen molar-refractivity contribution in [1.82, 2.24) is 29.2 Å². The molecule has 7 rings (SSSR count). The number of rotatable bonds is 8. The van der Waals surface area contributed by atoms with Crippen LogP contribution in [0, 0.1) is 0 Å². The van der Waals surface area contributed by atoms with E-state index in [0.717, 1.165) is 37.0 Å². The van der Waals surface area contributed by atoms with Crippen molar-refractivity contribution in [3.63, 3.8) is 0 Å². The summed E-state index contributed by atoms with van der Waals surface area (Å²) in [4.78, 5) is 72.0. The monoisotopic (exact) mass is 764 g/mol. The number of anilines is 2. The Morgan fingerprint density at radius 1 is 0.811 bits per heavy atom. The van der Waals surface area contributed by atoms with Gasteiger partial charge in [0.1, 0.15) is 32.9 Å². The normalized spacial score (nSPS) is 14.3. The largest absolute Gasteiger partial charge is 0.477 e. The fourth-order valence-electron chi connectivity index (χ4n) is 5.27. The van der Waals surface area contributed by atoms with Crippen molar-refractivity contribution in [3.8, 4) is 10.6 Å². The third-order valence-corrected chi connectivity index (χ3v) is 9.04.